The maximum atomic E-state index is 5.16. The van der Waals surface area contributed by atoms with E-state index < -0.39 is 0 Å². The minimum Gasteiger partial charge on any atom is -0.378 e. The van der Waals surface area contributed by atoms with Crippen LogP contribution in [0.15, 0.2) is 12.4 Å². The molecule has 0 unspecified atom stereocenters. The molecule has 1 aliphatic carbocycles. The first-order valence-electron chi connectivity index (χ1n) is 7.19. The molecule has 0 radical (unpaired) electrons. The molecule has 0 spiro atoms. The quantitative estimate of drug-likeness (QED) is 0.839. The Labute approximate surface area is 118 Å². The number of ether oxygens (including phenoxy) is 1. The van der Waals surface area contributed by atoms with Gasteiger partial charge >= 0.3 is 0 Å². The number of nitrogens with one attached hydrogen (secondary N) is 1. The van der Waals surface area contributed by atoms with Gasteiger partial charge in [0.2, 0.25) is 0 Å². The number of hydrogen-bond acceptors (Lipinski definition) is 5. The molecular formula is C14H21N5O. The van der Waals surface area contributed by atoms with E-state index in [2.05, 4.69) is 27.3 Å². The van der Waals surface area contributed by atoms with Gasteiger partial charge in [-0.15, -0.1) is 0 Å². The SMILES string of the molecule is CCCC1(CNc2cc(COC)nc3ncnn23)CC1. The molecule has 2 aromatic heterocycles. The molecule has 6 heteroatoms. The molecule has 2 aromatic rings. The van der Waals surface area contributed by atoms with Crippen LogP contribution in [0.1, 0.15) is 38.3 Å². The van der Waals surface area contributed by atoms with Crippen molar-refractivity contribution in [2.24, 2.45) is 5.41 Å². The second-order valence-corrected chi connectivity index (χ2v) is 5.64. The van der Waals surface area contributed by atoms with E-state index in [0.717, 1.165) is 18.1 Å². The molecule has 0 bridgehead atoms. The molecule has 0 aliphatic heterocycles. The number of aromatic nitrogens is 4. The van der Waals surface area contributed by atoms with Crippen LogP contribution in [-0.4, -0.2) is 33.2 Å². The van der Waals surface area contributed by atoms with Crippen molar-refractivity contribution in [2.45, 2.75) is 39.2 Å². The van der Waals surface area contributed by atoms with Crippen molar-refractivity contribution in [2.75, 3.05) is 19.0 Å². The molecule has 1 aliphatic rings. The molecule has 108 valence electrons. The van der Waals surface area contributed by atoms with Crippen LogP contribution in [-0.2, 0) is 11.3 Å². The Morgan fingerprint density at radius 1 is 1.45 bits per heavy atom. The number of hydrogen-bond donors (Lipinski definition) is 1. The van der Waals surface area contributed by atoms with Gasteiger partial charge < -0.3 is 10.1 Å². The molecule has 0 saturated heterocycles. The topological polar surface area (TPSA) is 64.3 Å². The third kappa shape index (κ3) is 2.60. The van der Waals surface area contributed by atoms with E-state index in [9.17, 15) is 0 Å². The first kappa shape index (κ1) is 13.3. The van der Waals surface area contributed by atoms with E-state index in [4.69, 9.17) is 4.74 Å². The summed E-state index contributed by atoms with van der Waals surface area (Å²) >= 11 is 0. The third-order valence-corrected chi connectivity index (χ3v) is 3.98. The molecule has 20 heavy (non-hydrogen) atoms. The van der Waals surface area contributed by atoms with Gasteiger partial charge in [-0.3, -0.25) is 0 Å². The van der Waals surface area contributed by atoms with Crippen LogP contribution >= 0.6 is 0 Å². The van der Waals surface area contributed by atoms with Crippen LogP contribution in [0.3, 0.4) is 0 Å². The van der Waals surface area contributed by atoms with Crippen molar-refractivity contribution in [3.8, 4) is 0 Å². The highest BCUT2D eigenvalue weighted by Crippen LogP contribution is 2.49. The molecule has 0 amide bonds. The maximum Gasteiger partial charge on any atom is 0.254 e. The lowest BCUT2D eigenvalue weighted by atomic mass is 10.0. The lowest BCUT2D eigenvalue weighted by Gasteiger charge is -2.16. The Balaban J connectivity index is 1.80. The van der Waals surface area contributed by atoms with Crippen LogP contribution in [0.5, 0.6) is 0 Å². The highest BCUT2D eigenvalue weighted by atomic mass is 16.5. The predicted octanol–water partition coefficient (Wildman–Crippen LogP) is 2.26. The summed E-state index contributed by atoms with van der Waals surface area (Å²) in [5.74, 6) is 1.56. The van der Waals surface area contributed by atoms with Crippen molar-refractivity contribution in [3.05, 3.63) is 18.1 Å². The summed E-state index contributed by atoms with van der Waals surface area (Å²) in [6.45, 7) is 3.73. The molecule has 1 saturated carbocycles. The summed E-state index contributed by atoms with van der Waals surface area (Å²) in [7, 11) is 1.67. The van der Waals surface area contributed by atoms with Gasteiger partial charge in [-0.1, -0.05) is 13.3 Å². The van der Waals surface area contributed by atoms with Gasteiger partial charge in [0, 0.05) is 19.7 Å². The van der Waals surface area contributed by atoms with Gasteiger partial charge in [0.15, 0.2) is 0 Å². The van der Waals surface area contributed by atoms with E-state index in [-0.39, 0.29) is 0 Å². The highest BCUT2D eigenvalue weighted by molar-refractivity contribution is 5.45. The van der Waals surface area contributed by atoms with E-state index in [0.29, 0.717) is 17.8 Å². The van der Waals surface area contributed by atoms with E-state index >= 15 is 0 Å². The van der Waals surface area contributed by atoms with Crippen LogP contribution in [0.2, 0.25) is 0 Å². The van der Waals surface area contributed by atoms with Crippen LogP contribution in [0, 0.1) is 5.41 Å². The van der Waals surface area contributed by atoms with Gasteiger partial charge in [-0.05, 0) is 24.7 Å². The van der Waals surface area contributed by atoms with Gasteiger partial charge in [-0.25, -0.2) is 4.98 Å². The number of rotatable bonds is 7. The van der Waals surface area contributed by atoms with Crippen molar-refractivity contribution < 1.29 is 4.74 Å². The van der Waals surface area contributed by atoms with Crippen molar-refractivity contribution in [3.63, 3.8) is 0 Å². The second kappa shape index (κ2) is 5.36. The number of fused-ring (bicyclic) bond motifs is 1. The van der Waals surface area contributed by atoms with Crippen molar-refractivity contribution in [1.29, 1.82) is 0 Å². The summed E-state index contributed by atoms with van der Waals surface area (Å²) in [5, 5.41) is 7.75. The lowest BCUT2D eigenvalue weighted by Crippen LogP contribution is -2.17. The smallest absolute Gasteiger partial charge is 0.254 e. The van der Waals surface area contributed by atoms with E-state index in [1.807, 2.05) is 6.07 Å². The minimum atomic E-state index is 0.484. The first-order valence-corrected chi connectivity index (χ1v) is 7.19. The molecular weight excluding hydrogens is 254 g/mol. The summed E-state index contributed by atoms with van der Waals surface area (Å²) in [5.41, 5.74) is 1.36. The highest BCUT2D eigenvalue weighted by Gasteiger charge is 2.41. The molecule has 1 fully saturated rings. The first-order chi connectivity index (χ1) is 9.76. The molecule has 1 N–H and O–H groups in total. The van der Waals surface area contributed by atoms with Crippen LogP contribution in [0.25, 0.3) is 5.78 Å². The van der Waals surface area contributed by atoms with Gasteiger partial charge in [-0.2, -0.15) is 14.6 Å². The van der Waals surface area contributed by atoms with Gasteiger partial charge in [0.1, 0.15) is 12.1 Å². The Kier molecular flexibility index (Phi) is 3.56. The largest absolute Gasteiger partial charge is 0.378 e. The lowest BCUT2D eigenvalue weighted by molar-refractivity contribution is 0.181. The number of anilines is 1. The summed E-state index contributed by atoms with van der Waals surface area (Å²) < 4.78 is 6.91. The normalized spacial score (nSPS) is 16.5. The third-order valence-electron chi connectivity index (χ3n) is 3.98. The zero-order valence-electron chi connectivity index (χ0n) is 12.1. The van der Waals surface area contributed by atoms with Crippen molar-refractivity contribution >= 4 is 11.6 Å². The molecule has 0 aromatic carbocycles. The molecule has 3 rings (SSSR count). The zero-order valence-corrected chi connectivity index (χ0v) is 12.1. The summed E-state index contributed by atoms with van der Waals surface area (Å²) in [4.78, 5) is 8.57. The maximum absolute atomic E-state index is 5.16. The fourth-order valence-corrected chi connectivity index (χ4v) is 2.71. The fourth-order valence-electron chi connectivity index (χ4n) is 2.71. The minimum absolute atomic E-state index is 0.484. The second-order valence-electron chi connectivity index (χ2n) is 5.64. The van der Waals surface area contributed by atoms with Gasteiger partial charge in [0.25, 0.3) is 5.78 Å². The van der Waals surface area contributed by atoms with Crippen molar-refractivity contribution in [1.82, 2.24) is 19.6 Å². The monoisotopic (exact) mass is 275 g/mol. The Hall–Kier alpha value is -1.69. The summed E-state index contributed by atoms with van der Waals surface area (Å²) in [6, 6.07) is 1.99. The van der Waals surface area contributed by atoms with Crippen LogP contribution in [0.4, 0.5) is 5.82 Å². The summed E-state index contributed by atoms with van der Waals surface area (Å²) in [6.07, 6.45) is 6.71. The van der Waals surface area contributed by atoms with Gasteiger partial charge in [0.05, 0.1) is 12.3 Å². The Morgan fingerprint density at radius 2 is 2.30 bits per heavy atom. The van der Waals surface area contributed by atoms with E-state index in [1.54, 1.807) is 11.6 Å². The number of nitrogens with zero attached hydrogens (tertiary/aromatic N) is 4. The predicted molar refractivity (Wildman–Crippen MR) is 76.6 cm³/mol. The number of methoxy groups -OCH3 is 1. The average molecular weight is 275 g/mol. The fraction of sp³-hybridized carbons (Fsp3) is 0.643. The molecule has 0 atom stereocenters. The zero-order chi connectivity index (χ0) is 14.0. The Bertz CT molecular complexity index is 590. The van der Waals surface area contributed by atoms with Crippen LogP contribution < -0.4 is 5.32 Å². The average Bonchev–Trinajstić information content (AvgIpc) is 3.03. The molecule has 6 nitrogen and oxygen atoms in total. The Morgan fingerprint density at radius 3 is 3.00 bits per heavy atom. The molecule has 2 heterocycles. The van der Waals surface area contributed by atoms with E-state index in [1.165, 1.54) is 32.0 Å². The standard InChI is InChI=1S/C14H21N5O/c1-3-4-14(5-6-14)9-15-12-7-11(8-20-2)18-13-16-10-17-19(12)13/h7,10,15H,3-6,8-9H2,1-2H3.